The topological polar surface area (TPSA) is 54.4 Å². The van der Waals surface area contributed by atoms with Gasteiger partial charge in [-0.25, -0.2) is 0 Å². The summed E-state index contributed by atoms with van der Waals surface area (Å²) in [4.78, 5) is -0.0767. The Labute approximate surface area is 79.3 Å². The van der Waals surface area contributed by atoms with Crippen LogP contribution in [0.5, 0.6) is 0 Å². The predicted molar refractivity (Wildman–Crippen MR) is 48.9 cm³/mol. The summed E-state index contributed by atoms with van der Waals surface area (Å²) in [7, 11) is -4.04. The summed E-state index contributed by atoms with van der Waals surface area (Å²) in [6.45, 7) is 0. The molecule has 1 rings (SSSR count). The van der Waals surface area contributed by atoms with Crippen molar-refractivity contribution in [2.24, 2.45) is 0 Å². The van der Waals surface area contributed by atoms with Crippen LogP contribution >= 0.6 is 15.9 Å². The van der Waals surface area contributed by atoms with Gasteiger partial charge >= 0.3 is 0 Å². The van der Waals surface area contributed by atoms with E-state index in [4.69, 9.17) is 4.55 Å². The molecule has 1 aromatic carbocycles. The molecule has 0 atom stereocenters. The van der Waals surface area contributed by atoms with Gasteiger partial charge in [-0.2, -0.15) is 8.42 Å². The van der Waals surface area contributed by atoms with Crippen molar-refractivity contribution in [3.8, 4) is 0 Å². The lowest BCUT2D eigenvalue weighted by Crippen LogP contribution is -1.97. The Morgan fingerprint density at radius 2 is 1.75 bits per heavy atom. The first-order valence-electron chi connectivity index (χ1n) is 3.16. The standard InChI is InChI=1S/C7H7BrO3S/c8-5-6-1-3-7(4-2-6)12(9,10)11/h1-4H,5H2,(H,9,10,11). The monoisotopic (exact) mass is 250 g/mol. The fraction of sp³-hybridized carbons (Fsp3) is 0.143. The Morgan fingerprint density at radius 1 is 1.25 bits per heavy atom. The largest absolute Gasteiger partial charge is 0.294 e. The van der Waals surface area contributed by atoms with Gasteiger partial charge in [-0.15, -0.1) is 0 Å². The van der Waals surface area contributed by atoms with Crippen LogP contribution in [0.15, 0.2) is 29.2 Å². The van der Waals surface area contributed by atoms with Crippen LogP contribution in [0.3, 0.4) is 0 Å². The van der Waals surface area contributed by atoms with Crippen LogP contribution in [-0.4, -0.2) is 13.0 Å². The van der Waals surface area contributed by atoms with Crippen molar-refractivity contribution in [2.75, 3.05) is 0 Å². The zero-order valence-corrected chi connectivity index (χ0v) is 8.47. The molecule has 0 heterocycles. The molecule has 0 unspecified atom stereocenters. The highest BCUT2D eigenvalue weighted by atomic mass is 79.9. The fourth-order valence-corrected chi connectivity index (χ4v) is 1.60. The van der Waals surface area contributed by atoms with E-state index in [1.54, 1.807) is 12.1 Å². The van der Waals surface area contributed by atoms with Crippen LogP contribution in [-0.2, 0) is 15.4 Å². The molecule has 0 amide bonds. The van der Waals surface area contributed by atoms with Crippen LogP contribution in [0.4, 0.5) is 0 Å². The third kappa shape index (κ3) is 2.30. The second kappa shape index (κ2) is 3.55. The molecule has 0 fully saturated rings. The highest BCUT2D eigenvalue weighted by Crippen LogP contribution is 2.11. The van der Waals surface area contributed by atoms with Gasteiger partial charge in [0.15, 0.2) is 0 Å². The minimum Gasteiger partial charge on any atom is -0.282 e. The summed E-state index contributed by atoms with van der Waals surface area (Å²) >= 11 is 3.22. The molecule has 1 N–H and O–H groups in total. The van der Waals surface area contributed by atoms with Crippen molar-refractivity contribution in [1.82, 2.24) is 0 Å². The highest BCUT2D eigenvalue weighted by Gasteiger charge is 2.07. The van der Waals surface area contributed by atoms with Gasteiger partial charge < -0.3 is 0 Å². The fourth-order valence-electron chi connectivity index (χ4n) is 0.751. The lowest BCUT2D eigenvalue weighted by Gasteiger charge is -1.97. The molecule has 66 valence electrons. The second-order valence-electron chi connectivity index (χ2n) is 2.25. The van der Waals surface area contributed by atoms with E-state index in [2.05, 4.69) is 15.9 Å². The van der Waals surface area contributed by atoms with Crippen molar-refractivity contribution in [3.63, 3.8) is 0 Å². The summed E-state index contributed by atoms with van der Waals surface area (Å²) in [6.07, 6.45) is 0. The Balaban J connectivity index is 3.09. The number of rotatable bonds is 2. The van der Waals surface area contributed by atoms with Gasteiger partial charge in [0, 0.05) is 5.33 Å². The molecule has 0 bridgehead atoms. The number of hydrogen-bond donors (Lipinski definition) is 1. The van der Waals surface area contributed by atoms with Crippen LogP contribution in [0.1, 0.15) is 5.56 Å². The second-order valence-corrected chi connectivity index (χ2v) is 4.23. The number of alkyl halides is 1. The highest BCUT2D eigenvalue weighted by molar-refractivity contribution is 9.08. The van der Waals surface area contributed by atoms with E-state index in [1.807, 2.05) is 0 Å². The summed E-state index contributed by atoms with van der Waals surface area (Å²) in [5.41, 5.74) is 0.961. The lowest BCUT2D eigenvalue weighted by atomic mass is 10.2. The van der Waals surface area contributed by atoms with E-state index in [-0.39, 0.29) is 4.90 Å². The first-order valence-corrected chi connectivity index (χ1v) is 5.72. The van der Waals surface area contributed by atoms with Gasteiger partial charge in [-0.1, -0.05) is 28.1 Å². The molecule has 3 nitrogen and oxygen atoms in total. The number of benzene rings is 1. The smallest absolute Gasteiger partial charge is 0.282 e. The van der Waals surface area contributed by atoms with Gasteiger partial charge in [0.05, 0.1) is 4.90 Å². The average Bonchev–Trinajstić information content (AvgIpc) is 2.03. The molecular weight excluding hydrogens is 244 g/mol. The van der Waals surface area contributed by atoms with Crippen molar-refractivity contribution in [2.45, 2.75) is 10.2 Å². The molecule has 0 saturated carbocycles. The molecule has 0 saturated heterocycles. The Bertz CT molecular complexity index is 355. The molecule has 0 radical (unpaired) electrons. The molecule has 0 aliphatic heterocycles. The first kappa shape index (κ1) is 9.70. The number of halogens is 1. The van der Waals surface area contributed by atoms with Crippen LogP contribution in [0, 0.1) is 0 Å². The molecule has 0 aromatic heterocycles. The Morgan fingerprint density at radius 3 is 2.08 bits per heavy atom. The van der Waals surface area contributed by atoms with E-state index in [0.717, 1.165) is 5.56 Å². The molecule has 0 aliphatic rings. The normalized spacial score (nSPS) is 11.5. The van der Waals surface area contributed by atoms with Crippen molar-refractivity contribution in [1.29, 1.82) is 0 Å². The molecule has 12 heavy (non-hydrogen) atoms. The maximum Gasteiger partial charge on any atom is 0.294 e. The molecule has 5 heteroatoms. The van der Waals surface area contributed by atoms with Gasteiger partial charge in [0.2, 0.25) is 0 Å². The third-order valence-electron chi connectivity index (χ3n) is 1.38. The first-order chi connectivity index (χ1) is 5.54. The van der Waals surface area contributed by atoms with E-state index in [0.29, 0.717) is 5.33 Å². The molecule has 0 spiro atoms. The minimum absolute atomic E-state index is 0.0767. The van der Waals surface area contributed by atoms with E-state index < -0.39 is 10.1 Å². The lowest BCUT2D eigenvalue weighted by molar-refractivity contribution is 0.483. The summed E-state index contributed by atoms with van der Waals surface area (Å²) in [5.74, 6) is 0. The van der Waals surface area contributed by atoms with Crippen molar-refractivity contribution in [3.05, 3.63) is 29.8 Å². The zero-order valence-electron chi connectivity index (χ0n) is 6.07. The van der Waals surface area contributed by atoms with Crippen LogP contribution in [0.2, 0.25) is 0 Å². The number of hydrogen-bond acceptors (Lipinski definition) is 2. The molecular formula is C7H7BrO3S. The van der Waals surface area contributed by atoms with Crippen molar-refractivity contribution < 1.29 is 13.0 Å². The van der Waals surface area contributed by atoms with Crippen molar-refractivity contribution >= 4 is 26.0 Å². The van der Waals surface area contributed by atoms with Gasteiger partial charge in [-0.05, 0) is 17.7 Å². The molecule has 0 aliphatic carbocycles. The van der Waals surface area contributed by atoms with Crippen LogP contribution < -0.4 is 0 Å². The van der Waals surface area contributed by atoms with Gasteiger partial charge in [0.1, 0.15) is 0 Å². The third-order valence-corrected chi connectivity index (χ3v) is 2.89. The maximum absolute atomic E-state index is 10.6. The van der Waals surface area contributed by atoms with Gasteiger partial charge in [0.25, 0.3) is 10.1 Å². The predicted octanol–water partition coefficient (Wildman–Crippen LogP) is 1.83. The Kier molecular flexibility index (Phi) is 2.87. The zero-order chi connectivity index (χ0) is 9.19. The summed E-state index contributed by atoms with van der Waals surface area (Å²) in [6, 6.07) is 6.01. The van der Waals surface area contributed by atoms with Gasteiger partial charge in [-0.3, -0.25) is 4.55 Å². The average molecular weight is 251 g/mol. The SMILES string of the molecule is O=S(=O)(O)c1ccc(CBr)cc1. The quantitative estimate of drug-likeness (QED) is 0.644. The van der Waals surface area contributed by atoms with Crippen LogP contribution in [0.25, 0.3) is 0 Å². The summed E-state index contributed by atoms with van der Waals surface area (Å²) < 4.78 is 29.8. The summed E-state index contributed by atoms with van der Waals surface area (Å²) in [5, 5.41) is 0.665. The molecule has 1 aromatic rings. The maximum atomic E-state index is 10.6. The van der Waals surface area contributed by atoms with E-state index in [1.165, 1.54) is 12.1 Å². The Hall–Kier alpha value is -0.390. The minimum atomic E-state index is -4.04. The van der Waals surface area contributed by atoms with E-state index >= 15 is 0 Å². The van der Waals surface area contributed by atoms with E-state index in [9.17, 15) is 8.42 Å².